The highest BCUT2D eigenvalue weighted by Crippen LogP contribution is 2.08. The molecule has 0 aromatic heterocycles. The number of sulfonamides is 1. The standard InChI is InChI=1S/C12H14N2O5S/c15-11(19-12(16)14-7-4-8-14)13-20(17,18)9-10-5-2-1-3-6-10/h1-3,5-6H,4,7-9H2,(H,13,15). The van der Waals surface area contributed by atoms with E-state index in [1.807, 2.05) is 0 Å². The molecule has 1 aromatic carbocycles. The van der Waals surface area contributed by atoms with Gasteiger partial charge in [0.15, 0.2) is 0 Å². The third kappa shape index (κ3) is 3.95. The minimum Gasteiger partial charge on any atom is -0.359 e. The summed E-state index contributed by atoms with van der Waals surface area (Å²) < 4.78 is 29.5. The Balaban J connectivity index is 1.87. The average Bonchev–Trinajstić information content (AvgIpc) is 2.25. The number of benzene rings is 1. The van der Waals surface area contributed by atoms with E-state index in [-0.39, 0.29) is 5.75 Å². The number of hydrogen-bond acceptors (Lipinski definition) is 5. The van der Waals surface area contributed by atoms with Crippen LogP contribution in [0.1, 0.15) is 12.0 Å². The topological polar surface area (TPSA) is 92.8 Å². The first-order valence-corrected chi connectivity index (χ1v) is 7.67. The van der Waals surface area contributed by atoms with Crippen molar-refractivity contribution in [1.82, 2.24) is 9.62 Å². The summed E-state index contributed by atoms with van der Waals surface area (Å²) in [5.74, 6) is -0.360. The summed E-state index contributed by atoms with van der Waals surface area (Å²) in [4.78, 5) is 24.0. The molecule has 20 heavy (non-hydrogen) atoms. The molecule has 1 aliphatic heterocycles. The summed E-state index contributed by atoms with van der Waals surface area (Å²) >= 11 is 0. The van der Waals surface area contributed by atoms with Gasteiger partial charge < -0.3 is 9.64 Å². The molecule has 0 atom stereocenters. The Kier molecular flexibility index (Phi) is 4.23. The maximum atomic E-state index is 11.7. The van der Waals surface area contributed by atoms with Gasteiger partial charge in [0, 0.05) is 13.1 Å². The lowest BCUT2D eigenvalue weighted by atomic mass is 10.2. The number of carbonyl (C=O) groups excluding carboxylic acids is 2. The summed E-state index contributed by atoms with van der Waals surface area (Å²) in [5, 5.41) is 0. The maximum absolute atomic E-state index is 11.7. The minimum absolute atomic E-state index is 0.360. The summed E-state index contributed by atoms with van der Waals surface area (Å²) in [6, 6.07) is 8.38. The molecule has 1 fully saturated rings. The van der Waals surface area contributed by atoms with Crippen molar-refractivity contribution >= 4 is 22.2 Å². The Morgan fingerprint density at radius 2 is 1.85 bits per heavy atom. The van der Waals surface area contributed by atoms with E-state index in [1.54, 1.807) is 35.1 Å². The van der Waals surface area contributed by atoms with Crippen molar-refractivity contribution in [3.05, 3.63) is 35.9 Å². The number of rotatable bonds is 3. The van der Waals surface area contributed by atoms with E-state index in [2.05, 4.69) is 4.74 Å². The molecule has 1 saturated heterocycles. The molecule has 0 aliphatic carbocycles. The lowest BCUT2D eigenvalue weighted by Gasteiger charge is -2.28. The molecule has 0 saturated carbocycles. The Labute approximate surface area is 116 Å². The molecule has 0 unspecified atom stereocenters. The molecule has 2 amide bonds. The summed E-state index contributed by atoms with van der Waals surface area (Å²) in [6.07, 6.45) is -1.26. The highest BCUT2D eigenvalue weighted by Gasteiger charge is 2.25. The fourth-order valence-electron chi connectivity index (χ4n) is 1.62. The predicted octanol–water partition coefficient (Wildman–Crippen LogP) is 1.07. The molecule has 0 radical (unpaired) electrons. The molecular formula is C12H14N2O5S. The number of carbonyl (C=O) groups is 2. The number of likely N-dealkylation sites (tertiary alicyclic amines) is 1. The van der Waals surface area contributed by atoms with Crippen LogP contribution in [0.3, 0.4) is 0 Å². The van der Waals surface area contributed by atoms with Crippen molar-refractivity contribution in [2.75, 3.05) is 13.1 Å². The van der Waals surface area contributed by atoms with Gasteiger partial charge in [-0.3, -0.25) is 0 Å². The molecule has 1 heterocycles. The van der Waals surface area contributed by atoms with Gasteiger partial charge in [-0.2, -0.15) is 0 Å². The Morgan fingerprint density at radius 1 is 1.20 bits per heavy atom. The number of hydrogen-bond donors (Lipinski definition) is 1. The van der Waals surface area contributed by atoms with Crippen LogP contribution in [0.25, 0.3) is 0 Å². The first kappa shape index (κ1) is 14.3. The van der Waals surface area contributed by atoms with E-state index < -0.39 is 22.2 Å². The van der Waals surface area contributed by atoms with Crippen molar-refractivity contribution in [2.45, 2.75) is 12.2 Å². The van der Waals surface area contributed by atoms with Crippen LogP contribution in [0.2, 0.25) is 0 Å². The van der Waals surface area contributed by atoms with Crippen molar-refractivity contribution in [3.8, 4) is 0 Å². The van der Waals surface area contributed by atoms with Crippen LogP contribution >= 0.6 is 0 Å². The molecule has 8 heteroatoms. The zero-order valence-electron chi connectivity index (χ0n) is 10.6. The smallest absolute Gasteiger partial charge is 0.359 e. The zero-order chi connectivity index (χ0) is 14.6. The molecule has 1 aliphatic rings. The average molecular weight is 298 g/mol. The number of amides is 2. The molecule has 0 spiro atoms. The van der Waals surface area contributed by atoms with Gasteiger partial charge in [0.2, 0.25) is 10.0 Å². The van der Waals surface area contributed by atoms with Crippen LogP contribution in [0.15, 0.2) is 30.3 Å². The van der Waals surface area contributed by atoms with Crippen LogP contribution in [-0.4, -0.2) is 38.6 Å². The summed E-state index contributed by atoms with van der Waals surface area (Å²) in [7, 11) is -3.89. The van der Waals surface area contributed by atoms with Crippen molar-refractivity contribution < 1.29 is 22.7 Å². The monoisotopic (exact) mass is 298 g/mol. The van der Waals surface area contributed by atoms with Gasteiger partial charge in [-0.1, -0.05) is 30.3 Å². The Morgan fingerprint density at radius 3 is 2.40 bits per heavy atom. The van der Waals surface area contributed by atoms with Gasteiger partial charge >= 0.3 is 12.2 Å². The quantitative estimate of drug-likeness (QED) is 0.842. The van der Waals surface area contributed by atoms with E-state index in [9.17, 15) is 18.0 Å². The molecule has 1 aromatic rings. The fraction of sp³-hybridized carbons (Fsp3) is 0.333. The van der Waals surface area contributed by atoms with Gasteiger partial charge in [0.25, 0.3) is 0 Å². The summed E-state index contributed by atoms with van der Waals surface area (Å²) in [6.45, 7) is 1.03. The van der Waals surface area contributed by atoms with E-state index in [4.69, 9.17) is 0 Å². The van der Waals surface area contributed by atoms with Gasteiger partial charge in [-0.15, -0.1) is 0 Å². The molecular weight excluding hydrogens is 284 g/mol. The van der Waals surface area contributed by atoms with Crippen LogP contribution in [0.4, 0.5) is 9.59 Å². The van der Waals surface area contributed by atoms with E-state index in [0.717, 1.165) is 6.42 Å². The minimum atomic E-state index is -3.89. The SMILES string of the molecule is O=C(NS(=O)(=O)Cc1ccccc1)OC(=O)N1CCC1. The first-order valence-electron chi connectivity index (χ1n) is 6.01. The molecule has 7 nitrogen and oxygen atoms in total. The van der Waals surface area contributed by atoms with Gasteiger partial charge in [-0.25, -0.2) is 22.7 Å². The highest BCUT2D eigenvalue weighted by atomic mass is 32.2. The first-order chi connectivity index (χ1) is 9.46. The second kappa shape index (κ2) is 5.91. The van der Waals surface area contributed by atoms with Gasteiger partial charge in [0.1, 0.15) is 0 Å². The predicted molar refractivity (Wildman–Crippen MR) is 70.3 cm³/mol. The third-order valence-electron chi connectivity index (χ3n) is 2.73. The van der Waals surface area contributed by atoms with Crippen LogP contribution in [0.5, 0.6) is 0 Å². The van der Waals surface area contributed by atoms with Crippen LogP contribution in [0, 0.1) is 0 Å². The van der Waals surface area contributed by atoms with E-state index >= 15 is 0 Å². The second-order valence-corrected chi connectivity index (χ2v) is 6.07. The van der Waals surface area contributed by atoms with Crippen LogP contribution in [-0.2, 0) is 20.5 Å². The number of nitrogens with zero attached hydrogens (tertiary/aromatic N) is 1. The normalized spacial score (nSPS) is 14.3. The number of ether oxygens (including phenoxy) is 1. The third-order valence-corrected chi connectivity index (χ3v) is 3.92. The molecule has 2 rings (SSSR count). The largest absolute Gasteiger partial charge is 0.429 e. The maximum Gasteiger partial charge on any atom is 0.429 e. The lowest BCUT2D eigenvalue weighted by Crippen LogP contribution is -2.45. The van der Waals surface area contributed by atoms with E-state index in [0.29, 0.717) is 18.7 Å². The fourth-order valence-corrected chi connectivity index (χ4v) is 2.62. The van der Waals surface area contributed by atoms with Crippen LogP contribution < -0.4 is 4.72 Å². The van der Waals surface area contributed by atoms with Crippen molar-refractivity contribution in [2.24, 2.45) is 0 Å². The van der Waals surface area contributed by atoms with Gasteiger partial charge in [-0.05, 0) is 12.0 Å². The van der Waals surface area contributed by atoms with Gasteiger partial charge in [0.05, 0.1) is 5.75 Å². The Bertz CT molecular complexity index is 596. The second-order valence-electron chi connectivity index (χ2n) is 4.34. The van der Waals surface area contributed by atoms with E-state index in [1.165, 1.54) is 4.90 Å². The molecule has 108 valence electrons. The highest BCUT2D eigenvalue weighted by molar-refractivity contribution is 7.89. The summed E-state index contributed by atoms with van der Waals surface area (Å²) in [5.41, 5.74) is 0.530. The Hall–Kier alpha value is -2.09. The lowest BCUT2D eigenvalue weighted by molar-refractivity contribution is 0.1000. The molecule has 1 N–H and O–H groups in total. The number of nitrogens with one attached hydrogen (secondary N) is 1. The van der Waals surface area contributed by atoms with Crippen molar-refractivity contribution in [3.63, 3.8) is 0 Å². The van der Waals surface area contributed by atoms with Crippen molar-refractivity contribution in [1.29, 1.82) is 0 Å². The molecule has 0 bridgehead atoms. The zero-order valence-corrected chi connectivity index (χ0v) is 11.4.